The van der Waals surface area contributed by atoms with Gasteiger partial charge in [-0.15, -0.1) is 0 Å². The van der Waals surface area contributed by atoms with Crippen molar-refractivity contribution in [1.29, 1.82) is 0 Å². The van der Waals surface area contributed by atoms with Gasteiger partial charge < -0.3 is 5.11 Å². The molecule has 6 nitrogen and oxygen atoms in total. The highest BCUT2D eigenvalue weighted by Crippen LogP contribution is 2.11. The first-order valence-electron chi connectivity index (χ1n) is 3.38. The highest BCUT2D eigenvalue weighted by Gasteiger charge is 2.36. The van der Waals surface area contributed by atoms with E-state index in [1.807, 2.05) is 0 Å². The van der Waals surface area contributed by atoms with E-state index in [0.29, 0.717) is 6.41 Å². The fraction of sp³-hybridized carbons (Fsp3) is 0.800. The van der Waals surface area contributed by atoms with Gasteiger partial charge in [0.25, 0.3) is 0 Å². The molecule has 0 aromatic rings. The van der Waals surface area contributed by atoms with Crippen LogP contribution in [0.5, 0.6) is 0 Å². The standard InChI is InChI=1S/C5H10N2O4S/c8-3-6-7-4-1-12(10,11)2-5(4)9/h3-5,7,9H,1-2H2,(H,6,8)/t4-,5+/m1/s1. The Morgan fingerprint density at radius 2 is 2.08 bits per heavy atom. The number of hydrogen-bond donors (Lipinski definition) is 3. The maximum atomic E-state index is 10.9. The van der Waals surface area contributed by atoms with E-state index in [0.717, 1.165) is 0 Å². The van der Waals surface area contributed by atoms with E-state index >= 15 is 0 Å². The van der Waals surface area contributed by atoms with E-state index < -0.39 is 22.0 Å². The molecule has 0 unspecified atom stereocenters. The lowest BCUT2D eigenvalue weighted by Crippen LogP contribution is -2.46. The van der Waals surface area contributed by atoms with Gasteiger partial charge in [-0.1, -0.05) is 0 Å². The Kier molecular flexibility index (Phi) is 2.65. The predicted octanol–water partition coefficient (Wildman–Crippen LogP) is -2.61. The summed E-state index contributed by atoms with van der Waals surface area (Å²) in [5.74, 6) is -0.389. The number of carbonyl (C=O) groups excluding carboxylic acids is 1. The Morgan fingerprint density at radius 3 is 2.50 bits per heavy atom. The summed E-state index contributed by atoms with van der Waals surface area (Å²) in [5, 5.41) is 9.15. The molecular weight excluding hydrogens is 184 g/mol. The van der Waals surface area contributed by atoms with Crippen LogP contribution in [-0.4, -0.2) is 43.6 Å². The van der Waals surface area contributed by atoms with Crippen LogP contribution in [-0.2, 0) is 14.6 Å². The molecule has 1 fully saturated rings. The lowest BCUT2D eigenvalue weighted by molar-refractivity contribution is -0.110. The van der Waals surface area contributed by atoms with Gasteiger partial charge in [0.05, 0.1) is 23.7 Å². The van der Waals surface area contributed by atoms with Crippen LogP contribution in [0.2, 0.25) is 0 Å². The van der Waals surface area contributed by atoms with Crippen molar-refractivity contribution in [2.45, 2.75) is 12.1 Å². The van der Waals surface area contributed by atoms with E-state index in [2.05, 4.69) is 10.9 Å². The fourth-order valence-electron chi connectivity index (χ4n) is 1.11. The molecule has 0 radical (unpaired) electrons. The minimum Gasteiger partial charge on any atom is -0.390 e. The van der Waals surface area contributed by atoms with Gasteiger partial charge in [0.2, 0.25) is 6.41 Å². The topological polar surface area (TPSA) is 95.5 Å². The largest absolute Gasteiger partial charge is 0.390 e. The van der Waals surface area contributed by atoms with Crippen LogP contribution < -0.4 is 10.9 Å². The molecule has 0 aliphatic carbocycles. The Balaban J connectivity index is 2.52. The van der Waals surface area contributed by atoms with Crippen LogP contribution in [0.4, 0.5) is 0 Å². The minimum atomic E-state index is -3.14. The molecule has 0 aromatic carbocycles. The van der Waals surface area contributed by atoms with E-state index in [9.17, 15) is 13.2 Å². The summed E-state index contributed by atoms with van der Waals surface area (Å²) < 4.78 is 21.8. The van der Waals surface area contributed by atoms with Gasteiger partial charge in [0.15, 0.2) is 9.84 Å². The summed E-state index contributed by atoms with van der Waals surface area (Å²) in [6, 6.07) is -0.597. The van der Waals surface area contributed by atoms with Crippen molar-refractivity contribution in [2.75, 3.05) is 11.5 Å². The lowest BCUT2D eigenvalue weighted by Gasteiger charge is -2.12. The number of hydrogen-bond acceptors (Lipinski definition) is 5. The quantitative estimate of drug-likeness (QED) is 0.338. The normalized spacial score (nSPS) is 33.1. The predicted molar refractivity (Wildman–Crippen MR) is 40.8 cm³/mol. The molecule has 1 aliphatic rings. The second-order valence-electron chi connectivity index (χ2n) is 2.66. The highest BCUT2D eigenvalue weighted by molar-refractivity contribution is 7.91. The van der Waals surface area contributed by atoms with E-state index in [-0.39, 0.29) is 11.5 Å². The van der Waals surface area contributed by atoms with Crippen molar-refractivity contribution in [3.8, 4) is 0 Å². The maximum absolute atomic E-state index is 10.9. The second-order valence-corrected chi connectivity index (χ2v) is 4.81. The van der Waals surface area contributed by atoms with E-state index in [4.69, 9.17) is 5.11 Å². The highest BCUT2D eigenvalue weighted by atomic mass is 32.2. The molecule has 1 heterocycles. The molecular formula is C5H10N2O4S. The zero-order chi connectivity index (χ0) is 9.19. The summed E-state index contributed by atoms with van der Waals surface area (Å²) in [7, 11) is -3.14. The van der Waals surface area contributed by atoms with Gasteiger partial charge in [-0.25, -0.2) is 13.8 Å². The molecule has 12 heavy (non-hydrogen) atoms. The number of aliphatic hydroxyl groups is 1. The average molecular weight is 194 g/mol. The molecule has 3 N–H and O–H groups in total. The van der Waals surface area contributed by atoms with Gasteiger partial charge in [-0.2, -0.15) is 0 Å². The third kappa shape index (κ3) is 2.16. The number of nitrogens with one attached hydrogen (secondary N) is 2. The van der Waals surface area contributed by atoms with Gasteiger partial charge in [0, 0.05) is 0 Å². The molecule has 0 bridgehead atoms. The van der Waals surface area contributed by atoms with E-state index in [1.54, 1.807) is 0 Å². The van der Waals surface area contributed by atoms with E-state index in [1.165, 1.54) is 0 Å². The summed E-state index contributed by atoms with van der Waals surface area (Å²) in [6.45, 7) is 0. The van der Waals surface area contributed by atoms with Gasteiger partial charge in [-0.3, -0.25) is 10.2 Å². The van der Waals surface area contributed by atoms with Crippen LogP contribution in [0, 0.1) is 0 Å². The van der Waals surface area contributed by atoms with Crippen molar-refractivity contribution >= 4 is 16.2 Å². The SMILES string of the molecule is O=CNN[C@@H]1CS(=O)(=O)C[C@@H]1O. The van der Waals surface area contributed by atoms with Crippen molar-refractivity contribution in [3.63, 3.8) is 0 Å². The summed E-state index contributed by atoms with van der Waals surface area (Å²) in [5.41, 5.74) is 4.49. The number of hydrazine groups is 1. The van der Waals surface area contributed by atoms with Gasteiger partial charge in [-0.05, 0) is 0 Å². The molecule has 0 spiro atoms. The molecule has 2 atom stereocenters. The molecule has 7 heteroatoms. The number of rotatable bonds is 3. The third-order valence-corrected chi connectivity index (χ3v) is 3.37. The Morgan fingerprint density at radius 1 is 1.42 bits per heavy atom. The van der Waals surface area contributed by atoms with Crippen LogP contribution in [0.25, 0.3) is 0 Å². The number of amides is 1. The molecule has 0 aromatic heterocycles. The second kappa shape index (κ2) is 3.38. The zero-order valence-electron chi connectivity index (χ0n) is 6.23. The van der Waals surface area contributed by atoms with Gasteiger partial charge >= 0.3 is 0 Å². The molecule has 0 saturated carbocycles. The molecule has 1 rings (SSSR count). The zero-order valence-corrected chi connectivity index (χ0v) is 7.04. The van der Waals surface area contributed by atoms with Crippen molar-refractivity contribution < 1.29 is 18.3 Å². The Hall–Kier alpha value is -0.660. The van der Waals surface area contributed by atoms with Gasteiger partial charge in [0.1, 0.15) is 0 Å². The monoisotopic (exact) mass is 194 g/mol. The maximum Gasteiger partial charge on any atom is 0.221 e. The number of carbonyl (C=O) groups is 1. The van der Waals surface area contributed by atoms with Crippen LogP contribution in [0.3, 0.4) is 0 Å². The Bertz CT molecular complexity index is 263. The average Bonchev–Trinajstić information content (AvgIpc) is 2.20. The first-order valence-corrected chi connectivity index (χ1v) is 5.20. The molecule has 1 saturated heterocycles. The molecule has 1 amide bonds. The summed E-state index contributed by atoms with van der Waals surface area (Å²) in [4.78, 5) is 9.82. The minimum absolute atomic E-state index is 0.144. The number of aliphatic hydroxyl groups excluding tert-OH is 1. The number of sulfone groups is 1. The first-order chi connectivity index (χ1) is 5.55. The van der Waals surface area contributed by atoms with Crippen molar-refractivity contribution in [3.05, 3.63) is 0 Å². The third-order valence-electron chi connectivity index (χ3n) is 1.65. The summed E-state index contributed by atoms with van der Waals surface area (Å²) >= 11 is 0. The Labute approximate surface area is 69.8 Å². The van der Waals surface area contributed by atoms with Crippen molar-refractivity contribution in [2.24, 2.45) is 0 Å². The van der Waals surface area contributed by atoms with Crippen molar-refractivity contribution in [1.82, 2.24) is 10.9 Å². The lowest BCUT2D eigenvalue weighted by atomic mass is 10.2. The first kappa shape index (κ1) is 9.43. The van der Waals surface area contributed by atoms with Crippen LogP contribution in [0.1, 0.15) is 0 Å². The fourth-order valence-corrected chi connectivity index (χ4v) is 2.85. The molecule has 70 valence electrons. The summed E-state index contributed by atoms with van der Waals surface area (Å²) in [6.07, 6.45) is -0.556. The smallest absolute Gasteiger partial charge is 0.221 e. The van der Waals surface area contributed by atoms with Crippen LogP contribution in [0.15, 0.2) is 0 Å². The molecule has 1 aliphatic heterocycles. The van der Waals surface area contributed by atoms with Crippen LogP contribution >= 0.6 is 0 Å².